The van der Waals surface area contributed by atoms with Gasteiger partial charge in [0.05, 0.1) is 10.6 Å². The molecule has 31 heavy (non-hydrogen) atoms. The molecule has 1 heterocycles. The topological polar surface area (TPSA) is 95.5 Å². The van der Waals surface area contributed by atoms with Crippen LogP contribution in [0.4, 0.5) is 5.69 Å². The molecular weight excluding hydrogens is 483 g/mol. The molecule has 0 saturated carbocycles. The number of sulfonamides is 1. The Bertz CT molecular complexity index is 1300. The van der Waals surface area contributed by atoms with Crippen LogP contribution in [0.5, 0.6) is 0 Å². The lowest BCUT2D eigenvalue weighted by Gasteiger charge is -2.32. The number of halogens is 3. The fourth-order valence-electron chi connectivity index (χ4n) is 3.56. The van der Waals surface area contributed by atoms with E-state index in [1.807, 2.05) is 0 Å². The Hall–Kier alpha value is -2.29. The van der Waals surface area contributed by atoms with Gasteiger partial charge in [0.1, 0.15) is 10.6 Å². The molecule has 160 valence electrons. The molecule has 0 radical (unpaired) electrons. The molecule has 3 aromatic carbocycles. The van der Waals surface area contributed by atoms with E-state index in [0.29, 0.717) is 21.3 Å². The minimum absolute atomic E-state index is 0.0186. The van der Waals surface area contributed by atoms with Gasteiger partial charge in [-0.3, -0.25) is 0 Å². The maximum absolute atomic E-state index is 13.3. The highest BCUT2D eigenvalue weighted by Crippen LogP contribution is 2.40. The smallest absolute Gasteiger partial charge is 0.335 e. The predicted molar refractivity (Wildman–Crippen MR) is 121 cm³/mol. The molecule has 1 atom stereocenters. The van der Waals surface area contributed by atoms with Crippen molar-refractivity contribution in [3.63, 3.8) is 0 Å². The van der Waals surface area contributed by atoms with E-state index in [-0.39, 0.29) is 21.9 Å². The third kappa shape index (κ3) is 4.24. The molecule has 3 aromatic rings. The number of carbonyl (C=O) groups is 1. The van der Waals surface area contributed by atoms with Gasteiger partial charge in [-0.2, -0.15) is 4.72 Å². The molecule has 0 spiro atoms. The quantitative estimate of drug-likeness (QED) is 0.453. The largest absolute Gasteiger partial charge is 0.478 e. The van der Waals surface area contributed by atoms with Crippen molar-refractivity contribution in [2.75, 3.05) is 5.32 Å². The van der Waals surface area contributed by atoms with Crippen molar-refractivity contribution < 1.29 is 18.3 Å². The number of aromatic carboxylic acids is 1. The second kappa shape index (κ2) is 8.00. The Morgan fingerprint density at radius 1 is 0.968 bits per heavy atom. The molecule has 6 nitrogen and oxygen atoms in total. The van der Waals surface area contributed by atoms with E-state index in [1.54, 1.807) is 30.3 Å². The van der Waals surface area contributed by atoms with Crippen molar-refractivity contribution in [1.29, 1.82) is 0 Å². The zero-order valence-corrected chi connectivity index (χ0v) is 18.8. The normalized spacial score (nSPS) is 17.8. The molecular formula is C21H15Cl3N2O4S. The molecule has 0 fully saturated rings. The van der Waals surface area contributed by atoms with Gasteiger partial charge < -0.3 is 10.4 Å². The van der Waals surface area contributed by atoms with E-state index >= 15 is 0 Å². The Kier molecular flexibility index (Phi) is 5.66. The number of rotatable bonds is 5. The number of hydrogen-bond acceptors (Lipinski definition) is 4. The SMILES string of the molecule is O=C(O)c1ccc(C2(NS(=O)(=O)c3ccc(Cl)cc3Cl)Cc3cc(Cl)ccc3N2)cc1. The lowest BCUT2D eigenvalue weighted by Crippen LogP contribution is -2.50. The predicted octanol–water partition coefficient (Wildman–Crippen LogP) is 5.14. The summed E-state index contributed by atoms with van der Waals surface area (Å²) in [6, 6.07) is 15.3. The van der Waals surface area contributed by atoms with Crippen molar-refractivity contribution in [3.8, 4) is 0 Å². The third-order valence-corrected chi connectivity index (χ3v) is 7.43. The zero-order chi connectivity index (χ0) is 22.4. The van der Waals surface area contributed by atoms with Crippen LogP contribution in [0.3, 0.4) is 0 Å². The summed E-state index contributed by atoms with van der Waals surface area (Å²) in [5.74, 6) is -1.08. The standard InChI is InChI=1S/C21H15Cl3N2O4S/c22-15-5-7-18-13(9-15)11-21(25-18,14-3-1-12(2-4-14)20(27)28)26-31(29,30)19-8-6-16(23)10-17(19)24/h1-10,25-26H,11H2,(H,27,28). The van der Waals surface area contributed by atoms with Gasteiger partial charge >= 0.3 is 5.97 Å². The minimum atomic E-state index is -4.10. The molecule has 4 rings (SSSR count). The van der Waals surface area contributed by atoms with Gasteiger partial charge in [-0.1, -0.05) is 46.9 Å². The van der Waals surface area contributed by atoms with Crippen LogP contribution < -0.4 is 10.0 Å². The lowest BCUT2D eigenvalue weighted by molar-refractivity contribution is 0.0696. The number of hydrogen-bond donors (Lipinski definition) is 3. The summed E-state index contributed by atoms with van der Waals surface area (Å²) in [5.41, 5.74) is 0.835. The van der Waals surface area contributed by atoms with Crippen LogP contribution in [0.25, 0.3) is 0 Å². The van der Waals surface area contributed by atoms with E-state index in [9.17, 15) is 18.3 Å². The van der Waals surface area contributed by atoms with E-state index in [2.05, 4.69) is 10.0 Å². The van der Waals surface area contributed by atoms with E-state index in [0.717, 1.165) is 5.56 Å². The van der Waals surface area contributed by atoms with Crippen molar-refractivity contribution >= 4 is 56.5 Å². The van der Waals surface area contributed by atoms with Gasteiger partial charge in [-0.15, -0.1) is 0 Å². The van der Waals surface area contributed by atoms with E-state index in [4.69, 9.17) is 34.8 Å². The number of benzene rings is 3. The van der Waals surface area contributed by atoms with E-state index in [1.165, 1.54) is 30.3 Å². The monoisotopic (exact) mass is 496 g/mol. The van der Waals surface area contributed by atoms with Gasteiger partial charge in [0.15, 0.2) is 0 Å². The average Bonchev–Trinajstić information content (AvgIpc) is 3.05. The fourth-order valence-corrected chi connectivity index (χ4v) is 5.84. The summed E-state index contributed by atoms with van der Waals surface area (Å²) in [6.07, 6.45) is 0.236. The summed E-state index contributed by atoms with van der Waals surface area (Å²) >= 11 is 18.2. The van der Waals surface area contributed by atoms with Crippen LogP contribution in [0, 0.1) is 0 Å². The highest BCUT2D eigenvalue weighted by Gasteiger charge is 2.42. The van der Waals surface area contributed by atoms with E-state index < -0.39 is 21.7 Å². The molecule has 0 amide bonds. The Labute approximate surface area is 193 Å². The first-order chi connectivity index (χ1) is 14.6. The first kappa shape index (κ1) is 21.9. The number of nitrogens with one attached hydrogen (secondary N) is 2. The summed E-state index contributed by atoms with van der Waals surface area (Å²) < 4.78 is 29.3. The van der Waals surface area contributed by atoms with Crippen molar-refractivity contribution in [1.82, 2.24) is 4.72 Å². The number of anilines is 1. The molecule has 3 N–H and O–H groups in total. The first-order valence-corrected chi connectivity index (χ1v) is 11.6. The number of fused-ring (bicyclic) bond motifs is 1. The van der Waals surface area contributed by atoms with Gasteiger partial charge in [0.2, 0.25) is 10.0 Å². The van der Waals surface area contributed by atoms with Crippen LogP contribution in [0.1, 0.15) is 21.5 Å². The molecule has 0 saturated heterocycles. The van der Waals surface area contributed by atoms with Crippen LogP contribution in [-0.2, 0) is 22.1 Å². The Morgan fingerprint density at radius 2 is 1.61 bits per heavy atom. The third-order valence-electron chi connectivity index (χ3n) is 4.99. The zero-order valence-electron chi connectivity index (χ0n) is 15.7. The molecule has 0 bridgehead atoms. The first-order valence-electron chi connectivity index (χ1n) is 8.99. The van der Waals surface area contributed by atoms with Gasteiger partial charge in [0.25, 0.3) is 0 Å². The fraction of sp³-hybridized carbons (Fsp3) is 0.0952. The average molecular weight is 498 g/mol. The molecule has 10 heteroatoms. The van der Waals surface area contributed by atoms with Gasteiger partial charge in [-0.25, -0.2) is 13.2 Å². The van der Waals surface area contributed by atoms with Crippen LogP contribution in [0.15, 0.2) is 65.6 Å². The highest BCUT2D eigenvalue weighted by atomic mass is 35.5. The van der Waals surface area contributed by atoms with Crippen LogP contribution in [-0.4, -0.2) is 19.5 Å². The van der Waals surface area contributed by atoms with Crippen molar-refractivity contribution in [2.24, 2.45) is 0 Å². The van der Waals surface area contributed by atoms with Crippen LogP contribution in [0.2, 0.25) is 15.1 Å². The Balaban J connectivity index is 1.81. The molecule has 1 unspecified atom stereocenters. The number of carboxylic acids is 1. The summed E-state index contributed by atoms with van der Waals surface area (Å²) in [7, 11) is -4.10. The summed E-state index contributed by atoms with van der Waals surface area (Å²) in [5, 5.41) is 13.2. The molecule has 1 aliphatic heterocycles. The second-order valence-corrected chi connectivity index (χ2v) is 10.0. The Morgan fingerprint density at radius 3 is 2.26 bits per heavy atom. The maximum atomic E-state index is 13.3. The summed E-state index contributed by atoms with van der Waals surface area (Å²) in [6.45, 7) is 0. The molecule has 1 aliphatic rings. The minimum Gasteiger partial charge on any atom is -0.478 e. The second-order valence-electron chi connectivity index (χ2n) is 7.07. The van der Waals surface area contributed by atoms with Gasteiger partial charge in [0, 0.05) is 22.2 Å². The van der Waals surface area contributed by atoms with Crippen LogP contribution >= 0.6 is 34.8 Å². The molecule has 0 aromatic heterocycles. The van der Waals surface area contributed by atoms with Crippen molar-refractivity contribution in [3.05, 3.63) is 92.4 Å². The highest BCUT2D eigenvalue weighted by molar-refractivity contribution is 7.89. The number of carboxylic acid groups (broad SMARTS) is 1. The van der Waals surface area contributed by atoms with Crippen molar-refractivity contribution in [2.45, 2.75) is 17.0 Å². The molecule has 0 aliphatic carbocycles. The summed E-state index contributed by atoms with van der Waals surface area (Å²) in [4.78, 5) is 11.1. The lowest BCUT2D eigenvalue weighted by atomic mass is 9.95. The van der Waals surface area contributed by atoms with Gasteiger partial charge in [-0.05, 0) is 59.7 Å². The maximum Gasteiger partial charge on any atom is 0.335 e.